The van der Waals surface area contributed by atoms with Crippen molar-refractivity contribution in [3.63, 3.8) is 0 Å². The Bertz CT molecular complexity index is 446. The van der Waals surface area contributed by atoms with Gasteiger partial charge in [0.2, 0.25) is 5.54 Å². The van der Waals surface area contributed by atoms with Crippen molar-refractivity contribution in [1.82, 2.24) is 0 Å². The van der Waals surface area contributed by atoms with E-state index in [-0.39, 0.29) is 10.5 Å². The molecule has 17 heavy (non-hydrogen) atoms. The lowest BCUT2D eigenvalue weighted by atomic mass is 9.97. The van der Waals surface area contributed by atoms with Gasteiger partial charge < -0.3 is 4.74 Å². The van der Waals surface area contributed by atoms with E-state index in [2.05, 4.69) is 0 Å². The molecule has 0 N–H and O–H groups in total. The molecule has 0 radical (unpaired) electrons. The lowest BCUT2D eigenvalue weighted by Crippen LogP contribution is -2.32. The second-order valence-electron chi connectivity index (χ2n) is 5.36. The fourth-order valence-electron chi connectivity index (χ4n) is 2.01. The molecule has 0 aromatic heterocycles. The van der Waals surface area contributed by atoms with Crippen LogP contribution in [-0.2, 0) is 4.74 Å². The highest BCUT2D eigenvalue weighted by Crippen LogP contribution is 2.34. The highest BCUT2D eigenvalue weighted by Gasteiger charge is 2.37. The monoisotopic (exact) mass is 235 g/mol. The Morgan fingerprint density at radius 1 is 1.29 bits per heavy atom. The van der Waals surface area contributed by atoms with Gasteiger partial charge in [0.05, 0.1) is 0 Å². The van der Waals surface area contributed by atoms with E-state index in [1.807, 2.05) is 26.0 Å². The predicted molar refractivity (Wildman–Crippen MR) is 65.1 cm³/mol. The lowest BCUT2D eigenvalue weighted by Gasteiger charge is -2.29. The van der Waals surface area contributed by atoms with Crippen LogP contribution in [0.15, 0.2) is 35.6 Å². The molecule has 0 aromatic carbocycles. The van der Waals surface area contributed by atoms with E-state index in [4.69, 9.17) is 4.74 Å². The van der Waals surface area contributed by atoms with E-state index < -0.39 is 5.54 Å². The zero-order chi connectivity index (χ0) is 12.7. The van der Waals surface area contributed by atoms with E-state index in [1.165, 1.54) is 0 Å². The van der Waals surface area contributed by atoms with Crippen LogP contribution >= 0.6 is 0 Å². The number of ether oxygens (including phenoxy) is 1. The highest BCUT2D eigenvalue weighted by atomic mass is 16.6. The number of allylic oxidation sites excluding steroid dienone is 4. The second-order valence-corrected chi connectivity index (χ2v) is 5.36. The molecule has 1 unspecified atom stereocenters. The topological polar surface area (TPSA) is 52.4 Å². The maximum Gasteiger partial charge on any atom is 0.238 e. The number of hydrogen-bond donors (Lipinski definition) is 0. The zero-order valence-corrected chi connectivity index (χ0v) is 10.4. The number of nitrogens with zero attached hydrogens (tertiary/aromatic N) is 1. The summed E-state index contributed by atoms with van der Waals surface area (Å²) in [6, 6.07) is 0. The van der Waals surface area contributed by atoms with Crippen LogP contribution in [0.2, 0.25) is 0 Å². The summed E-state index contributed by atoms with van der Waals surface area (Å²) in [6.07, 6.45) is 8.51. The Morgan fingerprint density at radius 3 is 2.59 bits per heavy atom. The largest absolute Gasteiger partial charge is 0.488 e. The maximum absolute atomic E-state index is 11.0. The van der Waals surface area contributed by atoms with Crippen LogP contribution in [-0.4, -0.2) is 16.1 Å². The third kappa shape index (κ3) is 2.25. The van der Waals surface area contributed by atoms with E-state index >= 15 is 0 Å². The van der Waals surface area contributed by atoms with Crippen LogP contribution in [0, 0.1) is 10.1 Å². The van der Waals surface area contributed by atoms with Crippen LogP contribution in [0.1, 0.15) is 33.6 Å². The van der Waals surface area contributed by atoms with Crippen molar-refractivity contribution in [3.8, 4) is 0 Å². The van der Waals surface area contributed by atoms with E-state index in [1.54, 1.807) is 19.1 Å². The quantitative estimate of drug-likeness (QED) is 0.518. The molecule has 4 nitrogen and oxygen atoms in total. The van der Waals surface area contributed by atoms with Crippen LogP contribution in [0.4, 0.5) is 0 Å². The fraction of sp³-hybridized carbons (Fsp3) is 0.538. The molecule has 1 aliphatic heterocycles. The van der Waals surface area contributed by atoms with E-state index in [0.717, 1.165) is 11.3 Å². The molecule has 0 spiro atoms. The van der Waals surface area contributed by atoms with E-state index in [0.29, 0.717) is 12.8 Å². The van der Waals surface area contributed by atoms with Gasteiger partial charge in [-0.25, -0.2) is 0 Å². The van der Waals surface area contributed by atoms with Crippen LogP contribution in [0.25, 0.3) is 0 Å². The first kappa shape index (κ1) is 11.9. The fourth-order valence-corrected chi connectivity index (χ4v) is 2.01. The zero-order valence-electron chi connectivity index (χ0n) is 10.4. The van der Waals surface area contributed by atoms with Crippen molar-refractivity contribution in [2.24, 2.45) is 0 Å². The summed E-state index contributed by atoms with van der Waals surface area (Å²) in [5.41, 5.74) is -0.351. The SMILES string of the molecule is CC1(C)C=CC2=C(CCC(C)([N+](=O)[O-])C=C2)O1. The third-order valence-electron chi connectivity index (χ3n) is 3.27. The molecule has 4 heteroatoms. The van der Waals surface area contributed by atoms with Gasteiger partial charge in [-0.1, -0.05) is 6.08 Å². The summed E-state index contributed by atoms with van der Waals surface area (Å²) in [6.45, 7) is 5.61. The first-order chi connectivity index (χ1) is 7.82. The molecule has 0 saturated heterocycles. The summed E-state index contributed by atoms with van der Waals surface area (Å²) < 4.78 is 5.85. The molecule has 0 saturated carbocycles. The summed E-state index contributed by atoms with van der Waals surface area (Å²) in [7, 11) is 0. The molecule has 0 aromatic rings. The Kier molecular flexibility index (Phi) is 2.60. The minimum atomic E-state index is -0.987. The molecule has 2 rings (SSSR count). The number of rotatable bonds is 1. The Balaban J connectivity index is 2.27. The Labute approximate surface area is 101 Å². The average Bonchev–Trinajstić information content (AvgIpc) is 2.38. The molecule has 0 fully saturated rings. The van der Waals surface area contributed by atoms with Crippen molar-refractivity contribution in [2.75, 3.05) is 0 Å². The maximum atomic E-state index is 11.0. The normalized spacial score (nSPS) is 30.5. The second kappa shape index (κ2) is 3.72. The first-order valence-electron chi connectivity index (χ1n) is 5.78. The Morgan fingerprint density at radius 2 is 1.94 bits per heavy atom. The van der Waals surface area contributed by atoms with Crippen LogP contribution < -0.4 is 0 Å². The summed E-state index contributed by atoms with van der Waals surface area (Å²) >= 11 is 0. The van der Waals surface area contributed by atoms with Gasteiger partial charge in [-0.2, -0.15) is 0 Å². The average molecular weight is 235 g/mol. The molecule has 2 aliphatic rings. The van der Waals surface area contributed by atoms with Crippen LogP contribution in [0.3, 0.4) is 0 Å². The number of nitro groups is 1. The van der Waals surface area contributed by atoms with Crippen molar-refractivity contribution in [2.45, 2.75) is 44.8 Å². The van der Waals surface area contributed by atoms with Gasteiger partial charge in [0, 0.05) is 30.3 Å². The first-order valence-corrected chi connectivity index (χ1v) is 5.78. The van der Waals surface area contributed by atoms with Gasteiger partial charge >= 0.3 is 0 Å². The smallest absolute Gasteiger partial charge is 0.238 e. The van der Waals surface area contributed by atoms with Crippen molar-refractivity contribution in [1.29, 1.82) is 0 Å². The van der Waals surface area contributed by atoms with Crippen LogP contribution in [0.5, 0.6) is 0 Å². The van der Waals surface area contributed by atoms with Gasteiger partial charge in [-0.15, -0.1) is 0 Å². The van der Waals surface area contributed by atoms with E-state index in [9.17, 15) is 10.1 Å². The molecule has 92 valence electrons. The molecular formula is C13H17NO3. The molecule has 1 aliphatic carbocycles. The predicted octanol–water partition coefficient (Wildman–Crippen LogP) is 2.99. The van der Waals surface area contributed by atoms with Gasteiger partial charge in [0.1, 0.15) is 11.4 Å². The molecule has 1 atom stereocenters. The highest BCUT2D eigenvalue weighted by molar-refractivity contribution is 5.39. The summed E-state index contributed by atoms with van der Waals surface area (Å²) in [5.74, 6) is 0.860. The van der Waals surface area contributed by atoms with Gasteiger partial charge in [-0.3, -0.25) is 10.1 Å². The molecular weight excluding hydrogens is 218 g/mol. The minimum Gasteiger partial charge on any atom is -0.488 e. The lowest BCUT2D eigenvalue weighted by molar-refractivity contribution is -0.551. The van der Waals surface area contributed by atoms with Gasteiger partial charge in [-0.05, 0) is 32.1 Å². The Hall–Kier alpha value is -1.58. The molecule has 1 heterocycles. The summed E-state index contributed by atoms with van der Waals surface area (Å²) in [5, 5.41) is 11.0. The third-order valence-corrected chi connectivity index (χ3v) is 3.27. The minimum absolute atomic E-state index is 0.225. The van der Waals surface area contributed by atoms with Crippen molar-refractivity contribution in [3.05, 3.63) is 45.8 Å². The number of hydrogen-bond acceptors (Lipinski definition) is 3. The molecule has 0 amide bonds. The van der Waals surface area contributed by atoms with Gasteiger partial charge in [0.25, 0.3) is 0 Å². The molecule has 0 bridgehead atoms. The van der Waals surface area contributed by atoms with Gasteiger partial charge in [0.15, 0.2) is 0 Å². The van der Waals surface area contributed by atoms with Crippen molar-refractivity contribution < 1.29 is 9.66 Å². The standard InChI is InChI=1S/C13H17NO3/c1-12(2)7-4-10-5-8-13(3,14(15)16)9-6-11(10)17-12/h4-5,7-8H,6,9H2,1-3H3. The van der Waals surface area contributed by atoms with Crippen molar-refractivity contribution >= 4 is 0 Å². The summed E-state index contributed by atoms with van der Waals surface area (Å²) in [4.78, 5) is 10.8.